The summed E-state index contributed by atoms with van der Waals surface area (Å²) in [6.07, 6.45) is 4.70. The molecule has 0 aliphatic carbocycles. The largest absolute Gasteiger partial charge is 0.569 e. The van der Waals surface area contributed by atoms with Crippen LogP contribution in [0.2, 0.25) is 0 Å². The van der Waals surface area contributed by atoms with Gasteiger partial charge >= 0.3 is 0 Å². The van der Waals surface area contributed by atoms with Gasteiger partial charge < -0.3 is 25.2 Å². The number of hydrogen-bond donors (Lipinski definition) is 0. The van der Waals surface area contributed by atoms with Crippen molar-refractivity contribution < 1.29 is 14.0 Å². The average Bonchev–Trinajstić information content (AvgIpc) is 3.22. The number of nitrogens with zero attached hydrogens (tertiary/aromatic N) is 5. The van der Waals surface area contributed by atoms with E-state index in [1.807, 2.05) is 24.8 Å². The number of anilines is 1. The number of halogens is 1. The molecule has 0 saturated carbocycles. The Kier molecular flexibility index (Phi) is 8.15. The molecule has 31 heavy (non-hydrogen) atoms. The zero-order chi connectivity index (χ0) is 22.4. The van der Waals surface area contributed by atoms with Crippen LogP contribution in [0.15, 0.2) is 24.4 Å². The average molecular weight is 433 g/mol. The molecule has 2 aliphatic heterocycles. The topological polar surface area (TPSA) is 53.4 Å². The van der Waals surface area contributed by atoms with Gasteiger partial charge in [0, 0.05) is 51.0 Å². The first-order valence-electron chi connectivity index (χ1n) is 11.4. The summed E-state index contributed by atoms with van der Waals surface area (Å²) in [5, 5.41) is 1.55. The predicted octanol–water partition coefficient (Wildman–Crippen LogP) is 3.84. The van der Waals surface area contributed by atoms with Crippen molar-refractivity contribution in [3.8, 4) is 0 Å². The molecule has 2 heterocycles. The number of hydrogen-bond acceptors (Lipinski definition) is 5. The molecule has 0 spiro atoms. The van der Waals surface area contributed by atoms with E-state index in [0.29, 0.717) is 30.1 Å². The van der Waals surface area contributed by atoms with E-state index in [-0.39, 0.29) is 17.8 Å². The number of carbonyl (C=O) groups is 1. The third-order valence-electron chi connectivity index (χ3n) is 6.09. The van der Waals surface area contributed by atoms with E-state index in [9.17, 15) is 9.18 Å². The summed E-state index contributed by atoms with van der Waals surface area (Å²) >= 11 is 0. The fraction of sp³-hybridized carbons (Fsp3) is 0.609. The van der Waals surface area contributed by atoms with Gasteiger partial charge in [-0.2, -0.15) is 0 Å². The minimum atomic E-state index is -0.272. The van der Waals surface area contributed by atoms with Crippen molar-refractivity contribution in [2.45, 2.75) is 46.1 Å². The third kappa shape index (κ3) is 5.49. The van der Waals surface area contributed by atoms with Gasteiger partial charge in [0.2, 0.25) is 5.91 Å². The number of amides is 1. The molecule has 3 rings (SSSR count). The molecule has 172 valence electrons. The van der Waals surface area contributed by atoms with Crippen LogP contribution in [0.25, 0.3) is 11.3 Å². The lowest BCUT2D eigenvalue weighted by Gasteiger charge is -2.41. The second-order valence-corrected chi connectivity index (χ2v) is 8.10. The Bertz CT molecular complexity index is 775. The zero-order valence-electron chi connectivity index (χ0n) is 19.2. The van der Waals surface area contributed by atoms with Gasteiger partial charge in [-0.05, 0) is 45.5 Å². The van der Waals surface area contributed by atoms with Crippen LogP contribution in [0.5, 0.6) is 0 Å². The molecule has 1 fully saturated rings. The van der Waals surface area contributed by atoms with Crippen molar-refractivity contribution in [1.29, 1.82) is 0 Å². The quantitative estimate of drug-likeness (QED) is 0.594. The minimum absolute atomic E-state index is 0.0820. The van der Waals surface area contributed by atoms with Crippen LogP contribution in [0, 0.1) is 5.82 Å². The highest BCUT2D eigenvalue weighted by Crippen LogP contribution is 2.30. The highest BCUT2D eigenvalue weighted by molar-refractivity contribution is 5.82. The van der Waals surface area contributed by atoms with Gasteiger partial charge in [-0.25, -0.2) is 4.39 Å². The van der Waals surface area contributed by atoms with E-state index < -0.39 is 0 Å². The van der Waals surface area contributed by atoms with E-state index in [1.54, 1.807) is 24.3 Å². The van der Waals surface area contributed by atoms with Crippen molar-refractivity contribution in [3.05, 3.63) is 41.4 Å². The van der Waals surface area contributed by atoms with Crippen molar-refractivity contribution >= 4 is 17.4 Å². The summed E-state index contributed by atoms with van der Waals surface area (Å²) in [5.74, 6) is 0.487. The Morgan fingerprint density at radius 1 is 1.19 bits per heavy atom. The summed E-state index contributed by atoms with van der Waals surface area (Å²) < 4.78 is 14.9. The van der Waals surface area contributed by atoms with Crippen molar-refractivity contribution in [2.24, 2.45) is 0 Å². The first-order valence-corrected chi connectivity index (χ1v) is 11.4. The first kappa shape index (κ1) is 23.3. The Hall–Kier alpha value is -2.32. The van der Waals surface area contributed by atoms with Crippen LogP contribution in [0.3, 0.4) is 0 Å². The molecule has 1 saturated heterocycles. The highest BCUT2D eigenvalue weighted by atomic mass is 19.1. The lowest BCUT2D eigenvalue weighted by molar-refractivity contribution is -0.137. The van der Waals surface area contributed by atoms with E-state index in [0.717, 1.165) is 45.4 Å². The molecular formula is C23H35FN5O2-. The Morgan fingerprint density at radius 2 is 1.90 bits per heavy atom. The fourth-order valence-electron chi connectivity index (χ4n) is 4.25. The van der Waals surface area contributed by atoms with Gasteiger partial charge in [0.15, 0.2) is 0 Å². The van der Waals surface area contributed by atoms with Gasteiger partial charge in [-0.1, -0.05) is 19.8 Å². The Morgan fingerprint density at radius 3 is 2.45 bits per heavy atom. The standard InChI is InChI=1S/C23H35FN5O2/c1-5-8-9-21(23(30)27(6-2)7-3)29-14-12-28(13-15-29)20-11-10-18(16-19(20)24)22-17-26(4)25-31-22/h10-11,16-17,21H,5-9,12-15H2,1-4H3/q-1. The Labute approximate surface area is 185 Å². The van der Waals surface area contributed by atoms with E-state index in [4.69, 9.17) is 4.84 Å². The summed E-state index contributed by atoms with van der Waals surface area (Å²) in [7, 11) is 1.76. The first-order chi connectivity index (χ1) is 15.0. The number of carbonyl (C=O) groups excluding carboxylic acids is 1. The molecule has 7 nitrogen and oxygen atoms in total. The molecule has 0 radical (unpaired) electrons. The molecule has 0 bridgehead atoms. The number of likely N-dealkylation sites (N-methyl/N-ethyl adjacent to an activating group) is 1. The molecular weight excluding hydrogens is 397 g/mol. The summed E-state index contributed by atoms with van der Waals surface area (Å²) in [6.45, 7) is 10.6. The van der Waals surface area contributed by atoms with Crippen LogP contribution in [-0.2, 0) is 9.63 Å². The minimum Gasteiger partial charge on any atom is -0.569 e. The van der Waals surface area contributed by atoms with Gasteiger partial charge in [0.25, 0.3) is 0 Å². The molecule has 2 aliphatic rings. The van der Waals surface area contributed by atoms with E-state index >= 15 is 0 Å². The summed E-state index contributed by atoms with van der Waals surface area (Å²) in [6, 6.07) is 5.08. The van der Waals surface area contributed by atoms with Gasteiger partial charge in [0.1, 0.15) is 11.6 Å². The monoisotopic (exact) mass is 432 g/mol. The molecule has 1 amide bonds. The second kappa shape index (κ2) is 10.8. The van der Waals surface area contributed by atoms with Crippen molar-refractivity contribution in [1.82, 2.24) is 14.8 Å². The van der Waals surface area contributed by atoms with Crippen LogP contribution in [0.4, 0.5) is 10.1 Å². The van der Waals surface area contributed by atoms with Crippen molar-refractivity contribution in [2.75, 3.05) is 51.2 Å². The van der Waals surface area contributed by atoms with E-state index in [2.05, 4.69) is 22.3 Å². The number of rotatable bonds is 9. The lowest BCUT2D eigenvalue weighted by atomic mass is 10.0. The van der Waals surface area contributed by atoms with Crippen LogP contribution >= 0.6 is 0 Å². The number of piperazine rings is 1. The SMILES string of the molecule is CCCCC(C(=O)N(CC)CC)N1CCN(c2ccc(C3=CN(C)[N-]O3)cc2F)CC1. The number of unbranched alkanes of at least 4 members (excludes halogenated alkanes) is 1. The normalized spacial score (nSPS) is 18.0. The van der Waals surface area contributed by atoms with E-state index in [1.165, 1.54) is 6.07 Å². The smallest absolute Gasteiger partial charge is 0.239 e. The second-order valence-electron chi connectivity index (χ2n) is 8.10. The molecule has 0 N–H and O–H groups in total. The van der Waals surface area contributed by atoms with Crippen LogP contribution in [0.1, 0.15) is 45.6 Å². The van der Waals surface area contributed by atoms with Gasteiger partial charge in [-0.15, -0.1) is 0 Å². The summed E-state index contributed by atoms with van der Waals surface area (Å²) in [4.78, 5) is 24.6. The van der Waals surface area contributed by atoms with Crippen LogP contribution in [-0.4, -0.2) is 73.1 Å². The maximum absolute atomic E-state index is 14.9. The maximum Gasteiger partial charge on any atom is 0.239 e. The molecule has 1 aromatic carbocycles. The predicted molar refractivity (Wildman–Crippen MR) is 122 cm³/mol. The molecule has 0 aromatic heterocycles. The Balaban J connectivity index is 1.66. The van der Waals surface area contributed by atoms with Crippen molar-refractivity contribution in [3.63, 3.8) is 0 Å². The fourth-order valence-corrected chi connectivity index (χ4v) is 4.25. The van der Waals surface area contributed by atoms with Gasteiger partial charge in [-0.3, -0.25) is 9.69 Å². The molecule has 1 atom stereocenters. The maximum atomic E-state index is 14.9. The summed E-state index contributed by atoms with van der Waals surface area (Å²) in [5.41, 5.74) is 5.05. The van der Waals surface area contributed by atoms with Gasteiger partial charge in [0.05, 0.1) is 11.7 Å². The highest BCUT2D eigenvalue weighted by Gasteiger charge is 2.31. The number of benzene rings is 1. The lowest BCUT2D eigenvalue weighted by Crippen LogP contribution is -2.55. The van der Waals surface area contributed by atoms with Crippen LogP contribution < -0.4 is 4.90 Å². The molecule has 1 aromatic rings. The molecule has 1 unspecified atom stereocenters. The zero-order valence-corrected chi connectivity index (χ0v) is 19.2. The third-order valence-corrected chi connectivity index (χ3v) is 6.09. The molecule has 8 heteroatoms.